The monoisotopic (exact) mass is 180 g/mol. The molecule has 0 aromatic carbocycles. The highest BCUT2D eigenvalue weighted by atomic mass is 16.2. The molecule has 68 valence electrons. The molecule has 0 saturated carbocycles. The van der Waals surface area contributed by atoms with Crippen LogP contribution in [0.1, 0.15) is 17.3 Å². The maximum absolute atomic E-state index is 10.7. The lowest BCUT2D eigenvalue weighted by Gasteiger charge is -1.95. The van der Waals surface area contributed by atoms with Gasteiger partial charge in [-0.05, 0) is 6.07 Å². The molecule has 0 aliphatic rings. The quantitative estimate of drug-likeness (QED) is 0.582. The molecule has 5 heteroatoms. The normalized spacial score (nSPS) is 9.31. The van der Waals surface area contributed by atoms with E-state index in [9.17, 15) is 9.59 Å². The predicted molar refractivity (Wildman–Crippen MR) is 45.2 cm³/mol. The van der Waals surface area contributed by atoms with Crippen molar-refractivity contribution in [3.8, 4) is 0 Å². The van der Waals surface area contributed by atoms with E-state index in [2.05, 4.69) is 5.43 Å². The Labute approximate surface area is 75.1 Å². The summed E-state index contributed by atoms with van der Waals surface area (Å²) in [5.74, 6) is -0.744. The standard InChI is InChI=1S/C8H9N3O2/c1-6(12)10-11-4-2-3-7(5-11)8(9)13/h2-5H,1H3,(H2-,9,10,12,13)/p+1. The molecular weight excluding hydrogens is 170 g/mol. The zero-order chi connectivity index (χ0) is 9.84. The molecule has 0 saturated heterocycles. The van der Waals surface area contributed by atoms with E-state index in [-0.39, 0.29) is 5.91 Å². The second kappa shape index (κ2) is 3.66. The Kier molecular flexibility index (Phi) is 2.59. The minimum atomic E-state index is -0.528. The van der Waals surface area contributed by atoms with E-state index in [1.807, 2.05) is 0 Å². The molecule has 13 heavy (non-hydrogen) atoms. The van der Waals surface area contributed by atoms with Crippen molar-refractivity contribution >= 4 is 11.8 Å². The third-order valence-electron chi connectivity index (χ3n) is 1.37. The topological polar surface area (TPSA) is 76.1 Å². The molecular formula is C8H10N3O2+. The van der Waals surface area contributed by atoms with Gasteiger partial charge in [-0.15, -0.1) is 5.43 Å². The van der Waals surface area contributed by atoms with E-state index >= 15 is 0 Å². The van der Waals surface area contributed by atoms with Crippen LogP contribution in [-0.4, -0.2) is 11.8 Å². The molecule has 3 N–H and O–H groups in total. The Balaban J connectivity index is 2.91. The Morgan fingerprint density at radius 1 is 1.54 bits per heavy atom. The number of aromatic nitrogens is 1. The number of carbonyl (C=O) groups is 2. The van der Waals surface area contributed by atoms with Gasteiger partial charge in [-0.3, -0.25) is 9.59 Å². The van der Waals surface area contributed by atoms with Crippen LogP contribution in [0.2, 0.25) is 0 Å². The van der Waals surface area contributed by atoms with E-state index < -0.39 is 5.91 Å². The zero-order valence-electron chi connectivity index (χ0n) is 7.15. The number of rotatable bonds is 2. The SMILES string of the molecule is CC(=O)N[n+]1cccc(C(N)=O)c1. The average molecular weight is 180 g/mol. The summed E-state index contributed by atoms with van der Waals surface area (Å²) >= 11 is 0. The van der Waals surface area contributed by atoms with Crippen LogP contribution in [0, 0.1) is 0 Å². The van der Waals surface area contributed by atoms with Crippen molar-refractivity contribution in [1.29, 1.82) is 0 Å². The van der Waals surface area contributed by atoms with Gasteiger partial charge in [0.15, 0.2) is 6.20 Å². The molecule has 1 rings (SSSR count). The molecule has 0 fully saturated rings. The lowest BCUT2D eigenvalue weighted by molar-refractivity contribution is -0.642. The summed E-state index contributed by atoms with van der Waals surface area (Å²) in [6, 6.07) is 3.19. The van der Waals surface area contributed by atoms with Crippen LogP contribution in [0.4, 0.5) is 0 Å². The van der Waals surface area contributed by atoms with E-state index in [1.54, 1.807) is 18.3 Å². The van der Waals surface area contributed by atoms with Crippen LogP contribution in [0.15, 0.2) is 24.5 Å². The molecule has 1 aromatic heterocycles. The van der Waals surface area contributed by atoms with Crippen LogP contribution in [0.25, 0.3) is 0 Å². The van der Waals surface area contributed by atoms with Crippen molar-refractivity contribution in [2.24, 2.45) is 5.73 Å². The number of amides is 2. The predicted octanol–water partition coefficient (Wildman–Crippen LogP) is -0.837. The van der Waals surface area contributed by atoms with Crippen molar-refractivity contribution in [2.75, 3.05) is 5.43 Å². The first-order valence-electron chi connectivity index (χ1n) is 3.68. The summed E-state index contributed by atoms with van der Waals surface area (Å²) in [5, 5.41) is 0. The van der Waals surface area contributed by atoms with Crippen LogP contribution in [-0.2, 0) is 4.79 Å². The van der Waals surface area contributed by atoms with Gasteiger partial charge in [0.05, 0.1) is 0 Å². The fraction of sp³-hybridized carbons (Fsp3) is 0.125. The zero-order valence-corrected chi connectivity index (χ0v) is 7.15. The third kappa shape index (κ3) is 2.55. The highest BCUT2D eigenvalue weighted by Gasteiger charge is 2.07. The van der Waals surface area contributed by atoms with Gasteiger partial charge in [-0.25, -0.2) is 0 Å². The van der Waals surface area contributed by atoms with Gasteiger partial charge in [0, 0.05) is 13.0 Å². The molecule has 0 atom stereocenters. The highest BCUT2D eigenvalue weighted by Crippen LogP contribution is 1.90. The molecule has 0 spiro atoms. The van der Waals surface area contributed by atoms with E-state index in [0.29, 0.717) is 5.56 Å². The van der Waals surface area contributed by atoms with Crippen molar-refractivity contribution in [1.82, 2.24) is 0 Å². The molecule has 5 nitrogen and oxygen atoms in total. The summed E-state index contributed by atoms with van der Waals surface area (Å²) in [6.45, 7) is 1.38. The third-order valence-corrected chi connectivity index (χ3v) is 1.37. The van der Waals surface area contributed by atoms with E-state index in [0.717, 1.165) is 0 Å². The Morgan fingerprint density at radius 2 is 2.23 bits per heavy atom. The van der Waals surface area contributed by atoms with Gasteiger partial charge >= 0.3 is 0 Å². The number of primary amides is 1. The van der Waals surface area contributed by atoms with Gasteiger partial charge < -0.3 is 5.73 Å². The smallest absolute Gasteiger partial charge is 0.271 e. The number of pyridine rings is 1. The first-order valence-corrected chi connectivity index (χ1v) is 3.68. The first-order chi connectivity index (χ1) is 6.09. The highest BCUT2D eigenvalue weighted by molar-refractivity contribution is 5.92. The summed E-state index contributed by atoms with van der Waals surface area (Å²) < 4.78 is 1.38. The van der Waals surface area contributed by atoms with E-state index in [1.165, 1.54) is 17.8 Å². The van der Waals surface area contributed by atoms with Crippen molar-refractivity contribution in [3.63, 3.8) is 0 Å². The average Bonchev–Trinajstić information content (AvgIpc) is 2.03. The van der Waals surface area contributed by atoms with Gasteiger partial charge in [0.1, 0.15) is 5.56 Å². The van der Waals surface area contributed by atoms with Crippen molar-refractivity contribution < 1.29 is 14.3 Å². The van der Waals surface area contributed by atoms with Gasteiger partial charge in [-0.1, -0.05) is 4.68 Å². The summed E-state index contributed by atoms with van der Waals surface area (Å²) in [5.41, 5.74) is 7.86. The van der Waals surface area contributed by atoms with Crippen LogP contribution < -0.4 is 15.8 Å². The number of nitrogens with one attached hydrogen (secondary N) is 1. The second-order valence-corrected chi connectivity index (χ2v) is 2.53. The molecule has 2 amide bonds. The number of hydrogen-bond acceptors (Lipinski definition) is 2. The van der Waals surface area contributed by atoms with E-state index in [4.69, 9.17) is 5.73 Å². The fourth-order valence-corrected chi connectivity index (χ4v) is 0.872. The molecule has 0 unspecified atom stereocenters. The molecule has 0 radical (unpaired) electrons. The Morgan fingerprint density at radius 3 is 2.77 bits per heavy atom. The van der Waals surface area contributed by atoms with Crippen LogP contribution in [0.5, 0.6) is 0 Å². The fourth-order valence-electron chi connectivity index (χ4n) is 0.872. The number of carbonyl (C=O) groups excluding carboxylic acids is 2. The maximum atomic E-state index is 10.7. The van der Waals surface area contributed by atoms with Gasteiger partial charge in [-0.2, -0.15) is 0 Å². The lowest BCUT2D eigenvalue weighted by atomic mass is 10.3. The lowest BCUT2D eigenvalue weighted by Crippen LogP contribution is -2.47. The van der Waals surface area contributed by atoms with Crippen LogP contribution in [0.3, 0.4) is 0 Å². The second-order valence-electron chi connectivity index (χ2n) is 2.53. The number of nitrogens with two attached hydrogens (primary N) is 1. The van der Waals surface area contributed by atoms with Crippen molar-refractivity contribution in [2.45, 2.75) is 6.92 Å². The molecule has 0 aliphatic carbocycles. The Hall–Kier alpha value is -1.91. The largest absolute Gasteiger partial charge is 0.365 e. The van der Waals surface area contributed by atoms with Gasteiger partial charge in [0.25, 0.3) is 11.8 Å². The Bertz CT molecular complexity index is 349. The minimum Gasteiger partial charge on any atom is -0.365 e. The number of nitrogens with zero attached hydrogens (tertiary/aromatic N) is 1. The van der Waals surface area contributed by atoms with Gasteiger partial charge in [0.2, 0.25) is 6.20 Å². The maximum Gasteiger partial charge on any atom is 0.271 e. The molecule has 0 aliphatic heterocycles. The van der Waals surface area contributed by atoms with Crippen LogP contribution >= 0.6 is 0 Å². The molecule has 1 aromatic rings. The molecule has 0 bridgehead atoms. The first kappa shape index (κ1) is 9.18. The summed E-state index contributed by atoms with van der Waals surface area (Å²) in [6.07, 6.45) is 3.05. The summed E-state index contributed by atoms with van der Waals surface area (Å²) in [4.78, 5) is 21.4. The minimum absolute atomic E-state index is 0.216. The summed E-state index contributed by atoms with van der Waals surface area (Å²) in [7, 11) is 0. The van der Waals surface area contributed by atoms with Crippen molar-refractivity contribution in [3.05, 3.63) is 30.1 Å². The molecule has 1 heterocycles. The number of hydrogen-bond donors (Lipinski definition) is 2.